The second-order valence-corrected chi connectivity index (χ2v) is 3.97. The largest absolute Gasteiger partial charge is 0.480 e. The number of thioether (sulfide) groups is 1. The van der Waals surface area contributed by atoms with Crippen LogP contribution in [-0.2, 0) is 4.79 Å². The molecule has 0 bridgehead atoms. The van der Waals surface area contributed by atoms with Crippen LogP contribution in [0.3, 0.4) is 0 Å². The SMILES string of the molecule is CN(C)CCSC[C@H](N)C(=O)O. The summed E-state index contributed by atoms with van der Waals surface area (Å²) in [5.41, 5.74) is 5.30. The smallest absolute Gasteiger partial charge is 0.321 e. The summed E-state index contributed by atoms with van der Waals surface area (Å²) in [6, 6.07) is -0.725. The summed E-state index contributed by atoms with van der Waals surface area (Å²) in [4.78, 5) is 12.3. The molecular formula is C7H16N2O2S. The molecule has 72 valence electrons. The van der Waals surface area contributed by atoms with Crippen LogP contribution in [0.2, 0.25) is 0 Å². The molecule has 0 rings (SSSR count). The lowest BCUT2D eigenvalue weighted by atomic mass is 10.4. The molecule has 5 heteroatoms. The van der Waals surface area contributed by atoms with Crippen molar-refractivity contribution in [2.45, 2.75) is 6.04 Å². The van der Waals surface area contributed by atoms with E-state index in [1.165, 1.54) is 0 Å². The zero-order valence-corrected chi connectivity index (χ0v) is 8.30. The fourth-order valence-corrected chi connectivity index (χ4v) is 1.59. The normalized spacial score (nSPS) is 13.3. The van der Waals surface area contributed by atoms with Crippen molar-refractivity contribution in [2.75, 3.05) is 32.1 Å². The predicted octanol–water partition coefficient (Wildman–Crippen LogP) is -0.307. The maximum Gasteiger partial charge on any atom is 0.321 e. The van der Waals surface area contributed by atoms with Gasteiger partial charge in [-0.3, -0.25) is 4.79 Å². The summed E-state index contributed by atoms with van der Waals surface area (Å²) in [5.74, 6) is 0.490. The molecule has 0 spiro atoms. The Kier molecular flexibility index (Phi) is 6.14. The van der Waals surface area contributed by atoms with Gasteiger partial charge < -0.3 is 15.7 Å². The Bertz CT molecular complexity index is 141. The molecule has 12 heavy (non-hydrogen) atoms. The minimum Gasteiger partial charge on any atom is -0.480 e. The van der Waals surface area contributed by atoms with Crippen LogP contribution in [0, 0.1) is 0 Å². The third-order valence-corrected chi connectivity index (χ3v) is 2.36. The Balaban J connectivity index is 3.25. The number of carboxylic acid groups (broad SMARTS) is 1. The van der Waals surface area contributed by atoms with Gasteiger partial charge in [-0.2, -0.15) is 11.8 Å². The van der Waals surface area contributed by atoms with Gasteiger partial charge in [0.05, 0.1) is 0 Å². The minimum atomic E-state index is -0.924. The van der Waals surface area contributed by atoms with Crippen LogP contribution < -0.4 is 5.73 Å². The Labute approximate surface area is 77.1 Å². The van der Waals surface area contributed by atoms with Crippen molar-refractivity contribution >= 4 is 17.7 Å². The third-order valence-electron chi connectivity index (χ3n) is 1.30. The first-order valence-electron chi connectivity index (χ1n) is 3.75. The van der Waals surface area contributed by atoms with Crippen molar-refractivity contribution < 1.29 is 9.90 Å². The van der Waals surface area contributed by atoms with Gasteiger partial charge in [-0.05, 0) is 14.1 Å². The molecule has 0 aliphatic heterocycles. The zero-order valence-electron chi connectivity index (χ0n) is 7.49. The van der Waals surface area contributed by atoms with E-state index in [-0.39, 0.29) is 0 Å². The number of aliphatic carboxylic acids is 1. The fraction of sp³-hybridized carbons (Fsp3) is 0.857. The van der Waals surface area contributed by atoms with E-state index in [2.05, 4.69) is 4.90 Å². The third kappa shape index (κ3) is 6.45. The first-order chi connectivity index (χ1) is 5.54. The molecule has 0 unspecified atom stereocenters. The van der Waals surface area contributed by atoms with Gasteiger partial charge in [0.1, 0.15) is 6.04 Å². The average molecular weight is 192 g/mol. The van der Waals surface area contributed by atoms with E-state index >= 15 is 0 Å². The van der Waals surface area contributed by atoms with Crippen molar-refractivity contribution in [2.24, 2.45) is 5.73 Å². The van der Waals surface area contributed by atoms with Gasteiger partial charge in [-0.25, -0.2) is 0 Å². The number of hydrogen-bond acceptors (Lipinski definition) is 4. The molecule has 3 N–H and O–H groups in total. The van der Waals surface area contributed by atoms with Crippen LogP contribution in [0.15, 0.2) is 0 Å². The molecule has 0 saturated carbocycles. The van der Waals surface area contributed by atoms with E-state index < -0.39 is 12.0 Å². The van der Waals surface area contributed by atoms with Gasteiger partial charge in [0.15, 0.2) is 0 Å². The van der Waals surface area contributed by atoms with Gasteiger partial charge in [-0.15, -0.1) is 0 Å². The van der Waals surface area contributed by atoms with E-state index in [0.717, 1.165) is 12.3 Å². The van der Waals surface area contributed by atoms with Crippen LogP contribution in [0.5, 0.6) is 0 Å². The lowest BCUT2D eigenvalue weighted by molar-refractivity contribution is -0.137. The summed E-state index contributed by atoms with van der Waals surface area (Å²) in [6.45, 7) is 0.955. The number of carboxylic acids is 1. The summed E-state index contributed by atoms with van der Waals surface area (Å²) >= 11 is 1.57. The summed E-state index contributed by atoms with van der Waals surface area (Å²) < 4.78 is 0. The molecule has 0 heterocycles. The standard InChI is InChI=1S/C7H16N2O2S/c1-9(2)3-4-12-5-6(8)7(10)11/h6H,3-5,8H2,1-2H3,(H,10,11)/t6-/m0/s1. The maximum atomic E-state index is 10.3. The van der Waals surface area contributed by atoms with Crippen molar-refractivity contribution in [1.82, 2.24) is 4.90 Å². The molecule has 0 radical (unpaired) electrons. The number of hydrogen-bond donors (Lipinski definition) is 2. The molecule has 4 nitrogen and oxygen atoms in total. The van der Waals surface area contributed by atoms with E-state index in [9.17, 15) is 4.79 Å². The summed E-state index contributed by atoms with van der Waals surface area (Å²) in [7, 11) is 3.97. The highest BCUT2D eigenvalue weighted by atomic mass is 32.2. The Morgan fingerprint density at radius 1 is 1.67 bits per heavy atom. The second-order valence-electron chi connectivity index (χ2n) is 2.82. The van der Waals surface area contributed by atoms with Crippen LogP contribution in [-0.4, -0.2) is 54.2 Å². The Morgan fingerprint density at radius 3 is 2.67 bits per heavy atom. The summed E-state index contributed by atoms with van der Waals surface area (Å²) in [6.07, 6.45) is 0. The molecule has 0 amide bonds. The highest BCUT2D eigenvalue weighted by Gasteiger charge is 2.10. The van der Waals surface area contributed by atoms with Crippen molar-refractivity contribution in [3.63, 3.8) is 0 Å². The molecule has 1 atom stereocenters. The van der Waals surface area contributed by atoms with Crippen molar-refractivity contribution in [3.8, 4) is 0 Å². The van der Waals surface area contributed by atoms with E-state index in [4.69, 9.17) is 10.8 Å². The molecule has 0 aliphatic carbocycles. The molecule has 0 aromatic heterocycles. The quantitative estimate of drug-likeness (QED) is 0.565. The molecule has 0 fully saturated rings. The maximum absolute atomic E-state index is 10.3. The highest BCUT2D eigenvalue weighted by Crippen LogP contribution is 2.01. The molecule has 0 saturated heterocycles. The molecule has 0 aliphatic rings. The number of carbonyl (C=O) groups is 1. The van der Waals surface area contributed by atoms with Crippen LogP contribution in [0.4, 0.5) is 0 Å². The van der Waals surface area contributed by atoms with E-state index in [1.807, 2.05) is 14.1 Å². The fourth-order valence-electron chi connectivity index (χ4n) is 0.529. The lowest BCUT2D eigenvalue weighted by Gasteiger charge is -2.09. The van der Waals surface area contributed by atoms with Crippen molar-refractivity contribution in [3.05, 3.63) is 0 Å². The minimum absolute atomic E-state index is 0.489. The second kappa shape index (κ2) is 6.28. The zero-order chi connectivity index (χ0) is 9.56. The molecule has 0 aromatic carbocycles. The van der Waals surface area contributed by atoms with Crippen molar-refractivity contribution in [1.29, 1.82) is 0 Å². The van der Waals surface area contributed by atoms with E-state index in [1.54, 1.807) is 11.8 Å². The highest BCUT2D eigenvalue weighted by molar-refractivity contribution is 7.99. The first kappa shape index (κ1) is 11.7. The predicted molar refractivity (Wildman–Crippen MR) is 51.5 cm³/mol. The van der Waals surface area contributed by atoms with Crippen LogP contribution in [0.1, 0.15) is 0 Å². The van der Waals surface area contributed by atoms with Gasteiger partial charge in [-0.1, -0.05) is 0 Å². The monoisotopic (exact) mass is 192 g/mol. The Morgan fingerprint density at radius 2 is 2.25 bits per heavy atom. The number of nitrogens with zero attached hydrogens (tertiary/aromatic N) is 1. The number of rotatable bonds is 6. The topological polar surface area (TPSA) is 66.6 Å². The van der Waals surface area contributed by atoms with Gasteiger partial charge in [0.2, 0.25) is 0 Å². The first-order valence-corrected chi connectivity index (χ1v) is 4.90. The molecular weight excluding hydrogens is 176 g/mol. The lowest BCUT2D eigenvalue weighted by Crippen LogP contribution is -2.32. The van der Waals surface area contributed by atoms with Gasteiger partial charge in [0, 0.05) is 18.1 Å². The molecule has 0 aromatic rings. The van der Waals surface area contributed by atoms with Gasteiger partial charge in [0.25, 0.3) is 0 Å². The van der Waals surface area contributed by atoms with Gasteiger partial charge >= 0.3 is 5.97 Å². The summed E-state index contributed by atoms with van der Waals surface area (Å²) in [5, 5.41) is 8.44. The van der Waals surface area contributed by atoms with Crippen LogP contribution in [0.25, 0.3) is 0 Å². The van der Waals surface area contributed by atoms with Crippen LogP contribution >= 0.6 is 11.8 Å². The average Bonchev–Trinajstić information content (AvgIpc) is 1.97. The number of nitrogens with two attached hydrogens (primary N) is 1. The van der Waals surface area contributed by atoms with E-state index in [0.29, 0.717) is 5.75 Å². The Hall–Kier alpha value is -0.260.